The van der Waals surface area contributed by atoms with E-state index in [0.29, 0.717) is 13.0 Å². The number of amides is 1. The first-order valence-corrected chi connectivity index (χ1v) is 7.33. The molecule has 1 aromatic heterocycles. The number of benzene rings is 2. The Morgan fingerprint density at radius 2 is 2.09 bits per heavy atom. The fraction of sp³-hybridized carbons (Fsp3) is 0.167. The third-order valence-corrected chi connectivity index (χ3v) is 4.06. The molecule has 0 saturated heterocycles. The van der Waals surface area contributed by atoms with E-state index in [1.165, 1.54) is 10.9 Å². The molecular formula is C18H16N2O2. The summed E-state index contributed by atoms with van der Waals surface area (Å²) in [6.07, 6.45) is 2.43. The molecule has 2 aromatic carbocycles. The number of ether oxygens (including phenoxy) is 1. The van der Waals surface area contributed by atoms with Crippen LogP contribution in [0.4, 0.5) is 5.69 Å². The van der Waals surface area contributed by atoms with E-state index < -0.39 is 0 Å². The number of hydrogen-bond donors (Lipinski definition) is 1. The molecule has 4 rings (SSSR count). The second kappa shape index (κ2) is 4.91. The van der Waals surface area contributed by atoms with Crippen molar-refractivity contribution in [2.45, 2.75) is 6.42 Å². The normalized spacial score (nSPS) is 14.1. The van der Waals surface area contributed by atoms with Crippen LogP contribution in [0.15, 0.2) is 48.7 Å². The third kappa shape index (κ3) is 2.04. The molecule has 4 heteroatoms. The zero-order chi connectivity index (χ0) is 15.1. The number of nitrogens with one attached hydrogen (secondary N) is 1. The van der Waals surface area contributed by atoms with Gasteiger partial charge in [0.15, 0.2) is 5.75 Å². The molecule has 2 heterocycles. The maximum Gasteiger partial charge on any atom is 0.227 e. The fourth-order valence-electron chi connectivity index (χ4n) is 2.93. The number of nitrogens with zero attached hydrogens (tertiary/aromatic N) is 1. The summed E-state index contributed by atoms with van der Waals surface area (Å²) in [5.41, 5.74) is 4.03. The maximum atomic E-state index is 11.7. The van der Waals surface area contributed by atoms with Crippen LogP contribution in [0.2, 0.25) is 0 Å². The van der Waals surface area contributed by atoms with Crippen molar-refractivity contribution >= 4 is 22.5 Å². The van der Waals surface area contributed by atoms with E-state index in [0.717, 1.165) is 22.6 Å². The van der Waals surface area contributed by atoms with Crippen molar-refractivity contribution in [2.24, 2.45) is 7.05 Å². The Hall–Kier alpha value is -2.75. The Labute approximate surface area is 128 Å². The van der Waals surface area contributed by atoms with Crippen LogP contribution >= 0.6 is 0 Å². The van der Waals surface area contributed by atoms with E-state index in [4.69, 9.17) is 4.74 Å². The van der Waals surface area contributed by atoms with Gasteiger partial charge in [-0.3, -0.25) is 4.79 Å². The van der Waals surface area contributed by atoms with E-state index in [2.05, 4.69) is 40.3 Å². The number of rotatable bonds is 1. The second-order valence-electron chi connectivity index (χ2n) is 5.53. The minimum absolute atomic E-state index is 0.00517. The summed E-state index contributed by atoms with van der Waals surface area (Å²) in [6.45, 7) is 0.406. The predicted molar refractivity (Wildman–Crippen MR) is 87.1 cm³/mol. The number of fused-ring (bicyclic) bond motifs is 2. The molecule has 0 saturated carbocycles. The number of anilines is 1. The highest BCUT2D eigenvalue weighted by atomic mass is 16.5. The summed E-state index contributed by atoms with van der Waals surface area (Å²) in [4.78, 5) is 11.7. The van der Waals surface area contributed by atoms with Gasteiger partial charge in [0, 0.05) is 29.7 Å². The Bertz CT molecular complexity index is 880. The third-order valence-electron chi connectivity index (χ3n) is 4.06. The standard InChI is InChI=1S/C18H16N2O2/c1-20-9-7-13-11-12(5-6-16(13)20)14-3-2-4-15-18(14)22-10-8-17(21)19-15/h2-7,9,11H,8,10H2,1H3,(H,19,21). The number of aromatic nitrogens is 1. The molecule has 110 valence electrons. The highest BCUT2D eigenvalue weighted by molar-refractivity contribution is 5.96. The van der Waals surface area contributed by atoms with Gasteiger partial charge in [0.25, 0.3) is 0 Å². The van der Waals surface area contributed by atoms with Gasteiger partial charge in [-0.2, -0.15) is 0 Å². The Balaban J connectivity index is 1.87. The Kier molecular flexibility index (Phi) is 2.89. The van der Waals surface area contributed by atoms with Crippen LogP contribution in [0, 0.1) is 0 Å². The molecular weight excluding hydrogens is 276 g/mol. The van der Waals surface area contributed by atoms with Crippen molar-refractivity contribution in [1.82, 2.24) is 4.57 Å². The number of para-hydroxylation sites is 1. The number of aryl methyl sites for hydroxylation is 1. The highest BCUT2D eigenvalue weighted by Crippen LogP contribution is 2.38. The molecule has 22 heavy (non-hydrogen) atoms. The SMILES string of the molecule is Cn1ccc2cc(-c3cccc4c3OCCC(=O)N4)ccc21. The lowest BCUT2D eigenvalue weighted by molar-refractivity contribution is -0.116. The van der Waals surface area contributed by atoms with Crippen molar-refractivity contribution in [3.8, 4) is 16.9 Å². The van der Waals surface area contributed by atoms with Crippen molar-refractivity contribution in [2.75, 3.05) is 11.9 Å². The number of carbonyl (C=O) groups excluding carboxylic acids is 1. The van der Waals surface area contributed by atoms with Crippen LogP contribution in [-0.2, 0) is 11.8 Å². The van der Waals surface area contributed by atoms with Gasteiger partial charge in [-0.05, 0) is 29.8 Å². The maximum absolute atomic E-state index is 11.7. The molecule has 1 aliphatic rings. The zero-order valence-electron chi connectivity index (χ0n) is 12.3. The first-order chi connectivity index (χ1) is 10.7. The molecule has 1 amide bonds. The molecule has 1 N–H and O–H groups in total. The van der Waals surface area contributed by atoms with E-state index in [-0.39, 0.29) is 5.91 Å². The lowest BCUT2D eigenvalue weighted by Crippen LogP contribution is -2.10. The molecule has 0 unspecified atom stereocenters. The lowest BCUT2D eigenvalue weighted by Gasteiger charge is -2.13. The van der Waals surface area contributed by atoms with Crippen molar-refractivity contribution in [3.05, 3.63) is 48.7 Å². The molecule has 0 atom stereocenters. The van der Waals surface area contributed by atoms with Crippen molar-refractivity contribution < 1.29 is 9.53 Å². The molecule has 1 aliphatic heterocycles. The summed E-state index contributed by atoms with van der Waals surface area (Å²) < 4.78 is 7.93. The average molecular weight is 292 g/mol. The van der Waals surface area contributed by atoms with Crippen LogP contribution < -0.4 is 10.1 Å². The van der Waals surface area contributed by atoms with Gasteiger partial charge >= 0.3 is 0 Å². The monoisotopic (exact) mass is 292 g/mol. The van der Waals surface area contributed by atoms with Crippen molar-refractivity contribution in [3.63, 3.8) is 0 Å². The van der Waals surface area contributed by atoms with Gasteiger partial charge in [-0.1, -0.05) is 18.2 Å². The summed E-state index contributed by atoms with van der Waals surface area (Å²) in [5, 5.41) is 4.10. The predicted octanol–water partition coefficient (Wildman–Crippen LogP) is 3.57. The fourth-order valence-corrected chi connectivity index (χ4v) is 2.93. The molecule has 0 bridgehead atoms. The smallest absolute Gasteiger partial charge is 0.227 e. The molecule has 4 nitrogen and oxygen atoms in total. The average Bonchev–Trinajstić information content (AvgIpc) is 2.77. The van der Waals surface area contributed by atoms with E-state index in [1.807, 2.05) is 25.2 Å². The minimum atomic E-state index is -0.00517. The first kappa shape index (κ1) is 13.0. The van der Waals surface area contributed by atoms with Gasteiger partial charge in [0.2, 0.25) is 5.91 Å². The van der Waals surface area contributed by atoms with E-state index >= 15 is 0 Å². The second-order valence-corrected chi connectivity index (χ2v) is 5.53. The van der Waals surface area contributed by atoms with Gasteiger partial charge in [0.05, 0.1) is 18.7 Å². The van der Waals surface area contributed by atoms with Crippen LogP contribution in [0.25, 0.3) is 22.0 Å². The molecule has 0 spiro atoms. The lowest BCUT2D eigenvalue weighted by atomic mass is 10.0. The minimum Gasteiger partial charge on any atom is -0.490 e. The topological polar surface area (TPSA) is 43.3 Å². The number of hydrogen-bond acceptors (Lipinski definition) is 2. The van der Waals surface area contributed by atoms with Gasteiger partial charge in [0.1, 0.15) is 0 Å². The summed E-state index contributed by atoms with van der Waals surface area (Å²) in [6, 6.07) is 14.3. The van der Waals surface area contributed by atoms with Crippen LogP contribution in [0.1, 0.15) is 6.42 Å². The first-order valence-electron chi connectivity index (χ1n) is 7.33. The molecule has 0 aliphatic carbocycles. The van der Waals surface area contributed by atoms with E-state index in [9.17, 15) is 4.79 Å². The van der Waals surface area contributed by atoms with Gasteiger partial charge < -0.3 is 14.6 Å². The van der Waals surface area contributed by atoms with Gasteiger partial charge in [-0.15, -0.1) is 0 Å². The van der Waals surface area contributed by atoms with E-state index in [1.54, 1.807) is 0 Å². The molecule has 0 fully saturated rings. The molecule has 0 radical (unpaired) electrons. The number of carbonyl (C=O) groups is 1. The van der Waals surface area contributed by atoms with Crippen LogP contribution in [0.3, 0.4) is 0 Å². The summed E-state index contributed by atoms with van der Waals surface area (Å²) in [7, 11) is 2.04. The summed E-state index contributed by atoms with van der Waals surface area (Å²) in [5.74, 6) is 0.748. The van der Waals surface area contributed by atoms with Crippen LogP contribution in [-0.4, -0.2) is 17.1 Å². The van der Waals surface area contributed by atoms with Gasteiger partial charge in [-0.25, -0.2) is 0 Å². The Morgan fingerprint density at radius 1 is 1.18 bits per heavy atom. The zero-order valence-corrected chi connectivity index (χ0v) is 12.3. The molecule has 3 aromatic rings. The quantitative estimate of drug-likeness (QED) is 0.745. The highest BCUT2D eigenvalue weighted by Gasteiger charge is 2.18. The Morgan fingerprint density at radius 3 is 3.00 bits per heavy atom. The van der Waals surface area contributed by atoms with Crippen molar-refractivity contribution in [1.29, 1.82) is 0 Å². The summed E-state index contributed by atoms with van der Waals surface area (Å²) >= 11 is 0. The van der Waals surface area contributed by atoms with Crippen LogP contribution in [0.5, 0.6) is 5.75 Å². The largest absolute Gasteiger partial charge is 0.490 e.